The number of benzene rings is 3. The smallest absolute Gasteiger partial charge is 0.165 e. The van der Waals surface area contributed by atoms with Crippen molar-refractivity contribution in [3.8, 4) is 17.2 Å². The quantitative estimate of drug-likeness (QED) is 0.0956. The lowest BCUT2D eigenvalue weighted by atomic mass is 9.93. The van der Waals surface area contributed by atoms with Crippen molar-refractivity contribution in [3.63, 3.8) is 0 Å². The SMILES string of the molecule is CC1(C)O[C@H]2[C@H](n3ccc4c(Cl)ncnc43)O[C@H](CO)[C@@]2(C)O1.CC1(C)O[C@H]2[C@H](n3ccc4c(Cl)ncnc43)O[C@H](COc3ccc4cccnc4c3)[C@@]2(C)O1.CC1(C)O[C@H]2[C@H](n3ccc4c(N)ncnc43)O[C@H](COc3ccc4cccnc4c3)[C@@]2(C)O1.CC[C@H]1O[C@@H](n2ccc3c(Cl)ncnc32)[C@@H]2OC(C)(C)O[C@]12C.Oc1ccc2cccnc2c1. The highest BCUT2D eigenvalue weighted by molar-refractivity contribution is 6.34. The number of fused-ring (bicyclic) bond motifs is 11. The molecule has 19 heterocycles. The summed E-state index contributed by atoms with van der Waals surface area (Å²) in [5.41, 5.74) is 8.70. The van der Waals surface area contributed by atoms with Gasteiger partial charge in [0.1, 0.15) is 165 Å². The van der Waals surface area contributed by atoms with E-state index in [1.54, 1.807) is 30.7 Å². The molecule has 11 aromatic heterocycles. The molecule has 0 radical (unpaired) electrons. The number of nitrogens with zero attached hydrogens (tertiary/aromatic N) is 15. The number of nitrogens with two attached hydrogens (primary N) is 1. The number of ether oxygens (including phenoxy) is 14. The first-order valence-corrected chi connectivity index (χ1v) is 41.6. The molecule has 0 amide bonds. The maximum Gasteiger partial charge on any atom is 0.165 e. The molecule has 642 valence electrons. The summed E-state index contributed by atoms with van der Waals surface area (Å²) in [7, 11) is 0. The van der Waals surface area contributed by atoms with Crippen LogP contribution >= 0.6 is 34.8 Å². The predicted molar refractivity (Wildman–Crippen MR) is 454 cm³/mol. The summed E-state index contributed by atoms with van der Waals surface area (Å²) in [5.74, 6) is -0.777. The summed E-state index contributed by atoms with van der Waals surface area (Å²) in [6.07, 6.45) is 15.1. The molecule has 0 aliphatic carbocycles. The van der Waals surface area contributed by atoms with E-state index < -0.39 is 70.3 Å². The number of halogens is 3. The van der Waals surface area contributed by atoms with Crippen LogP contribution in [0, 0.1) is 0 Å². The van der Waals surface area contributed by atoms with Crippen molar-refractivity contribution in [3.05, 3.63) is 199 Å². The Balaban J connectivity index is 0.000000108. The van der Waals surface area contributed by atoms with Crippen LogP contribution in [-0.2, 0) is 56.8 Å². The number of rotatable bonds is 12. The fourth-order valence-corrected chi connectivity index (χ4v) is 18.9. The highest BCUT2D eigenvalue weighted by Gasteiger charge is 2.68. The summed E-state index contributed by atoms with van der Waals surface area (Å²) in [5, 5.41) is 26.2. The van der Waals surface area contributed by atoms with Gasteiger partial charge < -0.3 is 101 Å². The molecule has 32 nitrogen and oxygen atoms in total. The molecular formula is C88H93Cl3N16O16. The third-order valence-electron chi connectivity index (χ3n) is 23.7. The van der Waals surface area contributed by atoms with Crippen LogP contribution in [0.1, 0.15) is 121 Å². The molecular weight excluding hydrogens is 1640 g/mol. The molecule has 0 spiro atoms. The number of nitrogen functional groups attached to an aromatic ring is 1. The molecule has 0 saturated carbocycles. The lowest BCUT2D eigenvalue weighted by Gasteiger charge is -2.29. The molecule has 8 aliphatic rings. The summed E-state index contributed by atoms with van der Waals surface area (Å²) in [4.78, 5) is 46.6. The minimum absolute atomic E-state index is 0.0472. The van der Waals surface area contributed by atoms with Gasteiger partial charge in [-0.05, 0) is 168 Å². The Kier molecular flexibility index (Phi) is 21.7. The zero-order valence-electron chi connectivity index (χ0n) is 69.6. The summed E-state index contributed by atoms with van der Waals surface area (Å²) in [6, 6.07) is 36.1. The minimum Gasteiger partial charge on any atom is -0.508 e. The van der Waals surface area contributed by atoms with Crippen LogP contribution in [0.2, 0.25) is 15.5 Å². The van der Waals surface area contributed by atoms with E-state index >= 15 is 0 Å². The van der Waals surface area contributed by atoms with Gasteiger partial charge in [0, 0.05) is 77.7 Å². The third-order valence-corrected chi connectivity index (χ3v) is 24.6. The van der Waals surface area contributed by atoms with Gasteiger partial charge in [-0.3, -0.25) is 15.0 Å². The number of phenols is 1. The second-order valence-electron chi connectivity index (χ2n) is 33.9. The second kappa shape index (κ2) is 31.9. The van der Waals surface area contributed by atoms with E-state index in [-0.39, 0.29) is 74.5 Å². The van der Waals surface area contributed by atoms with Gasteiger partial charge in [-0.15, -0.1) is 0 Å². The molecule has 22 rings (SSSR count). The van der Waals surface area contributed by atoms with E-state index in [1.165, 1.54) is 25.3 Å². The maximum absolute atomic E-state index is 9.70. The van der Waals surface area contributed by atoms with Crippen molar-refractivity contribution in [2.75, 3.05) is 25.6 Å². The number of aromatic nitrogens is 15. The maximum atomic E-state index is 9.70. The van der Waals surface area contributed by atoms with E-state index in [0.717, 1.165) is 77.8 Å². The lowest BCUT2D eigenvalue weighted by Crippen LogP contribution is -2.46. The van der Waals surface area contributed by atoms with Crippen molar-refractivity contribution < 1.29 is 76.5 Å². The molecule has 8 saturated heterocycles. The van der Waals surface area contributed by atoms with Crippen molar-refractivity contribution in [1.82, 2.24) is 73.1 Å². The molecule has 123 heavy (non-hydrogen) atoms. The Bertz CT molecular complexity index is 5960. The molecule has 8 aliphatic heterocycles. The number of phenolic OH excluding ortho intramolecular Hbond substituents is 1. The topological polar surface area (TPSA) is 357 Å². The first kappa shape index (κ1) is 83.8. The van der Waals surface area contributed by atoms with Crippen LogP contribution in [0.15, 0.2) is 184 Å². The van der Waals surface area contributed by atoms with Gasteiger partial charge in [-0.2, -0.15) is 0 Å². The molecule has 35 heteroatoms. The molecule has 14 aromatic rings. The molecule has 0 bridgehead atoms. The Morgan fingerprint density at radius 1 is 0.382 bits per heavy atom. The zero-order valence-corrected chi connectivity index (χ0v) is 71.9. The number of aromatic hydroxyl groups is 1. The monoisotopic (exact) mass is 1730 g/mol. The van der Waals surface area contributed by atoms with E-state index in [1.807, 2.05) is 222 Å². The Hall–Kier alpha value is -10.1. The molecule has 16 atom stereocenters. The van der Waals surface area contributed by atoms with Crippen molar-refractivity contribution >= 4 is 117 Å². The van der Waals surface area contributed by atoms with E-state index in [0.29, 0.717) is 38.2 Å². The Labute approximate surface area is 721 Å². The number of hydrogen-bond donors (Lipinski definition) is 3. The van der Waals surface area contributed by atoms with Gasteiger partial charge in [-0.1, -0.05) is 59.9 Å². The largest absolute Gasteiger partial charge is 0.508 e. The predicted octanol–water partition coefficient (Wildman–Crippen LogP) is 15.1. The van der Waals surface area contributed by atoms with E-state index in [2.05, 4.69) is 68.7 Å². The van der Waals surface area contributed by atoms with E-state index in [4.69, 9.17) is 112 Å². The fraction of sp³-hybridized carbons (Fsp3) is 0.420. The number of pyridine rings is 3. The van der Waals surface area contributed by atoms with Gasteiger partial charge in [0.25, 0.3) is 0 Å². The normalized spacial score (nSPS) is 29.5. The number of hydrogen-bond acceptors (Lipinski definition) is 28. The highest BCUT2D eigenvalue weighted by atomic mass is 35.5. The van der Waals surface area contributed by atoms with Crippen LogP contribution in [0.25, 0.3) is 76.8 Å². The van der Waals surface area contributed by atoms with Gasteiger partial charge in [0.05, 0.1) is 50.8 Å². The van der Waals surface area contributed by atoms with Crippen LogP contribution in [0.5, 0.6) is 17.2 Å². The zero-order chi connectivity index (χ0) is 86.1. The molecule has 8 fully saturated rings. The fourth-order valence-electron chi connectivity index (χ4n) is 18.3. The molecule has 3 aromatic carbocycles. The average Bonchev–Trinajstić information content (AvgIpc) is 1.57. The standard InChI is InChI=1S/C24H23ClN4O4.C24H25N5O4.C16H20ClN3O3.C15H18ClN3O4.C9H7NO/c2*1-23(2)32-19-22(29-10-8-16-20(25)27-13-28-21(16)29)31-18(24(19,3)33-23)12-30-15-7-6-14-5-4-9-26-17(14)11-15;1-5-10-16(4)11(22-15(2,3)23-16)14(21-10)20-7-6-9-12(17)18-8-19-13(9)20;1-14(2)22-10-13(21-9(6-20)15(10,3)23-14)19-5-4-8-11(16)17-7-18-12(8)19;11-8-4-3-7-2-1-5-10-9(7)6-8/h4-11,13,18-19,22H,12H2,1-3H3;4-11,13,18-19,22H,12H2,1-3H3,(H2,25,27,28);6-8,10-11,14H,5H2,1-4H3;4-5,7,9-10,13,20H,6H2,1-3H3;1-6,11H/t2*18-,19+,22-,24-;10-,11+,14-,16-;9-,10+,13-,15-;/m1111./s1. The Morgan fingerprint density at radius 3 is 1.07 bits per heavy atom. The average molecular weight is 1740 g/mol. The first-order chi connectivity index (χ1) is 58.7. The number of aliphatic hydroxyl groups excluding tert-OH is 1. The summed E-state index contributed by atoms with van der Waals surface area (Å²) < 4.78 is 95.2. The van der Waals surface area contributed by atoms with Crippen molar-refractivity contribution in [1.29, 1.82) is 0 Å². The first-order valence-electron chi connectivity index (χ1n) is 40.5. The van der Waals surface area contributed by atoms with Crippen LogP contribution in [-0.4, -0.2) is 198 Å². The third kappa shape index (κ3) is 15.4. The van der Waals surface area contributed by atoms with Gasteiger partial charge >= 0.3 is 0 Å². The van der Waals surface area contributed by atoms with Crippen molar-refractivity contribution in [2.24, 2.45) is 0 Å². The minimum atomic E-state index is -0.762. The van der Waals surface area contributed by atoms with Gasteiger partial charge in [0.2, 0.25) is 0 Å². The second-order valence-corrected chi connectivity index (χ2v) is 34.9. The molecule has 0 unspecified atom stereocenters. The van der Waals surface area contributed by atoms with Crippen LogP contribution in [0.3, 0.4) is 0 Å². The summed E-state index contributed by atoms with van der Waals surface area (Å²) >= 11 is 18.5. The van der Waals surface area contributed by atoms with Gasteiger partial charge in [0.15, 0.2) is 48.1 Å². The summed E-state index contributed by atoms with van der Waals surface area (Å²) in [6.45, 7) is 25.7. The highest BCUT2D eigenvalue weighted by Crippen LogP contribution is 2.56. The van der Waals surface area contributed by atoms with Crippen LogP contribution < -0.4 is 15.2 Å². The lowest BCUT2D eigenvalue weighted by molar-refractivity contribution is -0.214. The van der Waals surface area contributed by atoms with Crippen LogP contribution in [0.4, 0.5) is 5.82 Å². The van der Waals surface area contributed by atoms with Gasteiger partial charge in [-0.25, -0.2) is 39.9 Å². The molecule has 4 N–H and O–H groups in total. The number of anilines is 1. The number of aliphatic hydroxyl groups is 1. The van der Waals surface area contributed by atoms with E-state index in [9.17, 15) is 5.11 Å². The van der Waals surface area contributed by atoms with Crippen molar-refractivity contribution in [2.45, 2.75) is 216 Å². The Morgan fingerprint density at radius 2 is 0.699 bits per heavy atom.